The van der Waals surface area contributed by atoms with Gasteiger partial charge in [0.1, 0.15) is 5.82 Å². The van der Waals surface area contributed by atoms with Gasteiger partial charge in [-0.15, -0.1) is 0 Å². The topological polar surface area (TPSA) is 29.3 Å². The van der Waals surface area contributed by atoms with E-state index in [0.717, 1.165) is 18.2 Å². The molecule has 0 bridgehead atoms. The molecule has 1 aromatic rings. The molecule has 1 aliphatic carbocycles. The Morgan fingerprint density at radius 3 is 2.75 bits per heavy atom. The van der Waals surface area contributed by atoms with Gasteiger partial charge in [0.05, 0.1) is 0 Å². The lowest BCUT2D eigenvalue weighted by Gasteiger charge is -2.32. The van der Waals surface area contributed by atoms with E-state index < -0.39 is 0 Å². The van der Waals surface area contributed by atoms with Crippen molar-refractivity contribution >= 4 is 5.69 Å². The van der Waals surface area contributed by atoms with Crippen LogP contribution in [0.15, 0.2) is 18.2 Å². The Balaban J connectivity index is 2.14. The maximum Gasteiger partial charge on any atom is 0.129 e. The second-order valence-corrected chi connectivity index (χ2v) is 4.62. The van der Waals surface area contributed by atoms with Crippen molar-refractivity contribution < 1.29 is 4.39 Å². The first kappa shape index (κ1) is 11.4. The van der Waals surface area contributed by atoms with Gasteiger partial charge in [-0.25, -0.2) is 4.39 Å². The zero-order valence-corrected chi connectivity index (χ0v) is 9.75. The second kappa shape index (κ2) is 4.83. The average molecular weight is 222 g/mol. The molecule has 0 heterocycles. The Bertz CT molecular complexity index is 361. The van der Waals surface area contributed by atoms with E-state index in [1.54, 1.807) is 6.07 Å². The van der Waals surface area contributed by atoms with Crippen molar-refractivity contribution in [3.63, 3.8) is 0 Å². The fourth-order valence-corrected chi connectivity index (χ4v) is 2.27. The molecule has 0 saturated heterocycles. The number of benzene rings is 1. The van der Waals surface area contributed by atoms with Crippen LogP contribution in [-0.4, -0.2) is 13.6 Å². The SMILES string of the molecule is CN(CC1CCC1)c1cccc(F)c1CN. The molecule has 0 unspecified atom stereocenters. The number of anilines is 1. The predicted octanol–water partition coefficient (Wildman–Crippen LogP) is 2.52. The molecule has 0 radical (unpaired) electrons. The van der Waals surface area contributed by atoms with Gasteiger partial charge in [0.25, 0.3) is 0 Å². The molecule has 0 spiro atoms. The molecular weight excluding hydrogens is 203 g/mol. The lowest BCUT2D eigenvalue weighted by atomic mass is 9.85. The van der Waals surface area contributed by atoms with Crippen LogP contribution in [0, 0.1) is 11.7 Å². The molecule has 0 aromatic heterocycles. The summed E-state index contributed by atoms with van der Waals surface area (Å²) in [5, 5.41) is 0. The summed E-state index contributed by atoms with van der Waals surface area (Å²) in [4.78, 5) is 2.13. The van der Waals surface area contributed by atoms with Crippen molar-refractivity contribution in [1.29, 1.82) is 0 Å². The fraction of sp³-hybridized carbons (Fsp3) is 0.538. The van der Waals surface area contributed by atoms with E-state index >= 15 is 0 Å². The first-order valence-corrected chi connectivity index (χ1v) is 5.91. The highest BCUT2D eigenvalue weighted by Gasteiger charge is 2.20. The summed E-state index contributed by atoms with van der Waals surface area (Å²) in [5.41, 5.74) is 7.17. The van der Waals surface area contributed by atoms with Gasteiger partial charge >= 0.3 is 0 Å². The minimum Gasteiger partial charge on any atom is -0.374 e. The van der Waals surface area contributed by atoms with Crippen LogP contribution < -0.4 is 10.6 Å². The van der Waals surface area contributed by atoms with E-state index in [1.807, 2.05) is 13.1 Å². The molecule has 16 heavy (non-hydrogen) atoms. The van der Waals surface area contributed by atoms with Crippen molar-refractivity contribution in [1.82, 2.24) is 0 Å². The van der Waals surface area contributed by atoms with Gasteiger partial charge in [-0.3, -0.25) is 0 Å². The smallest absolute Gasteiger partial charge is 0.129 e. The zero-order valence-electron chi connectivity index (χ0n) is 9.75. The van der Waals surface area contributed by atoms with Gasteiger partial charge in [0.2, 0.25) is 0 Å². The number of hydrogen-bond donors (Lipinski definition) is 1. The third kappa shape index (κ3) is 2.19. The average Bonchev–Trinajstić information content (AvgIpc) is 2.22. The quantitative estimate of drug-likeness (QED) is 0.848. The number of nitrogens with zero attached hydrogens (tertiary/aromatic N) is 1. The molecule has 2 rings (SSSR count). The van der Waals surface area contributed by atoms with Crippen LogP contribution in [0.4, 0.5) is 10.1 Å². The van der Waals surface area contributed by atoms with E-state index in [-0.39, 0.29) is 12.4 Å². The first-order chi connectivity index (χ1) is 7.72. The summed E-state index contributed by atoms with van der Waals surface area (Å²) in [5.74, 6) is 0.583. The summed E-state index contributed by atoms with van der Waals surface area (Å²) in [6.45, 7) is 1.27. The Kier molecular flexibility index (Phi) is 3.44. The van der Waals surface area contributed by atoms with Crippen LogP contribution in [0.3, 0.4) is 0 Å². The number of halogens is 1. The second-order valence-electron chi connectivity index (χ2n) is 4.62. The van der Waals surface area contributed by atoms with Crippen LogP contribution in [0.5, 0.6) is 0 Å². The minimum absolute atomic E-state index is 0.194. The zero-order chi connectivity index (χ0) is 11.5. The predicted molar refractivity (Wildman–Crippen MR) is 64.9 cm³/mol. The lowest BCUT2D eigenvalue weighted by Crippen LogP contribution is -2.30. The van der Waals surface area contributed by atoms with Gasteiger partial charge in [-0.05, 0) is 30.9 Å². The van der Waals surface area contributed by atoms with Crippen molar-refractivity contribution in [2.24, 2.45) is 11.7 Å². The summed E-state index contributed by atoms with van der Waals surface area (Å²) >= 11 is 0. The van der Waals surface area contributed by atoms with E-state index in [1.165, 1.54) is 25.3 Å². The molecule has 3 heteroatoms. The van der Waals surface area contributed by atoms with E-state index in [2.05, 4.69) is 4.90 Å². The highest BCUT2D eigenvalue weighted by molar-refractivity contribution is 5.53. The molecular formula is C13H19FN2. The van der Waals surface area contributed by atoms with Gasteiger partial charge < -0.3 is 10.6 Å². The molecule has 88 valence electrons. The Morgan fingerprint density at radius 2 is 2.19 bits per heavy atom. The highest BCUT2D eigenvalue weighted by Crippen LogP contribution is 2.29. The Labute approximate surface area is 96.2 Å². The largest absolute Gasteiger partial charge is 0.374 e. The summed E-state index contributed by atoms with van der Waals surface area (Å²) in [7, 11) is 2.02. The van der Waals surface area contributed by atoms with Gasteiger partial charge in [0.15, 0.2) is 0 Å². The van der Waals surface area contributed by atoms with Crippen LogP contribution in [0.25, 0.3) is 0 Å². The van der Waals surface area contributed by atoms with Crippen molar-refractivity contribution in [2.75, 3.05) is 18.5 Å². The Morgan fingerprint density at radius 1 is 1.44 bits per heavy atom. The van der Waals surface area contributed by atoms with E-state index in [9.17, 15) is 4.39 Å². The third-order valence-electron chi connectivity index (χ3n) is 3.47. The monoisotopic (exact) mass is 222 g/mol. The van der Waals surface area contributed by atoms with E-state index in [4.69, 9.17) is 5.73 Å². The Hall–Kier alpha value is -1.09. The summed E-state index contributed by atoms with van der Waals surface area (Å²) in [6.07, 6.45) is 3.95. The maximum absolute atomic E-state index is 13.5. The molecule has 1 fully saturated rings. The van der Waals surface area contributed by atoms with Gasteiger partial charge in [0, 0.05) is 31.4 Å². The lowest BCUT2D eigenvalue weighted by molar-refractivity contribution is 0.321. The standard InChI is InChI=1S/C13H19FN2/c1-16(9-10-4-2-5-10)13-7-3-6-12(14)11(13)8-15/h3,6-7,10H,2,4-5,8-9,15H2,1H3. The van der Waals surface area contributed by atoms with Crippen LogP contribution >= 0.6 is 0 Å². The first-order valence-electron chi connectivity index (χ1n) is 5.91. The normalized spacial score (nSPS) is 15.9. The fourth-order valence-electron chi connectivity index (χ4n) is 2.27. The van der Waals surface area contributed by atoms with Gasteiger partial charge in [-0.1, -0.05) is 12.5 Å². The molecule has 2 nitrogen and oxygen atoms in total. The van der Waals surface area contributed by atoms with Crippen molar-refractivity contribution in [3.8, 4) is 0 Å². The number of rotatable bonds is 4. The van der Waals surface area contributed by atoms with Crippen LogP contribution in [0.2, 0.25) is 0 Å². The van der Waals surface area contributed by atoms with Crippen molar-refractivity contribution in [2.45, 2.75) is 25.8 Å². The van der Waals surface area contributed by atoms with Crippen LogP contribution in [0.1, 0.15) is 24.8 Å². The molecule has 0 aliphatic heterocycles. The molecule has 1 saturated carbocycles. The highest BCUT2D eigenvalue weighted by atomic mass is 19.1. The summed E-state index contributed by atoms with van der Waals surface area (Å²) in [6, 6.07) is 5.17. The number of nitrogens with two attached hydrogens (primary N) is 1. The van der Waals surface area contributed by atoms with E-state index in [0.29, 0.717) is 5.56 Å². The molecule has 1 aromatic carbocycles. The molecule has 0 atom stereocenters. The third-order valence-corrected chi connectivity index (χ3v) is 3.47. The van der Waals surface area contributed by atoms with Crippen LogP contribution in [-0.2, 0) is 6.54 Å². The van der Waals surface area contributed by atoms with Gasteiger partial charge in [-0.2, -0.15) is 0 Å². The van der Waals surface area contributed by atoms with Crippen molar-refractivity contribution in [3.05, 3.63) is 29.6 Å². The number of hydrogen-bond acceptors (Lipinski definition) is 2. The molecule has 1 aliphatic rings. The summed E-state index contributed by atoms with van der Waals surface area (Å²) < 4.78 is 13.5. The maximum atomic E-state index is 13.5. The minimum atomic E-state index is -0.194. The molecule has 0 amide bonds. The molecule has 2 N–H and O–H groups in total.